The Morgan fingerprint density at radius 1 is 0.957 bits per heavy atom. The van der Waals surface area contributed by atoms with Gasteiger partial charge in [-0.15, -0.1) is 0 Å². The highest BCUT2D eigenvalue weighted by molar-refractivity contribution is 5.99. The van der Waals surface area contributed by atoms with Crippen LogP contribution in [0, 0.1) is 12.3 Å². The van der Waals surface area contributed by atoms with Gasteiger partial charge in [0.2, 0.25) is 5.91 Å². The average Bonchev–Trinajstić information content (AvgIpc) is 3.41. The molecule has 0 unspecified atom stereocenters. The first-order valence-corrected chi connectivity index (χ1v) is 16.2. The molecule has 1 aliphatic rings. The molecule has 2 aromatic carbocycles. The number of hydrogen-bond acceptors (Lipinski definition) is 6. The molecule has 244 valence electrons. The molecule has 1 saturated heterocycles. The number of piperazine rings is 1. The van der Waals surface area contributed by atoms with Gasteiger partial charge in [-0.05, 0) is 91.6 Å². The van der Waals surface area contributed by atoms with Gasteiger partial charge in [-0.1, -0.05) is 51.1 Å². The molecule has 2 amide bonds. The summed E-state index contributed by atoms with van der Waals surface area (Å²) in [5.74, 6) is -0.284. The number of alkyl carbamates (subject to hydrolysis) is 1. The molecular weight excluding hydrogens is 576 g/mol. The van der Waals surface area contributed by atoms with Gasteiger partial charge < -0.3 is 25.7 Å². The van der Waals surface area contributed by atoms with Crippen LogP contribution in [0.3, 0.4) is 0 Å². The summed E-state index contributed by atoms with van der Waals surface area (Å²) in [5.41, 5.74) is 7.23. The van der Waals surface area contributed by atoms with E-state index in [2.05, 4.69) is 61.2 Å². The Kier molecular flexibility index (Phi) is 9.84. The van der Waals surface area contributed by atoms with Crippen molar-refractivity contribution in [1.82, 2.24) is 25.5 Å². The van der Waals surface area contributed by atoms with Crippen molar-refractivity contribution in [3.63, 3.8) is 0 Å². The van der Waals surface area contributed by atoms with Gasteiger partial charge in [0.1, 0.15) is 17.3 Å². The Labute approximate surface area is 272 Å². The van der Waals surface area contributed by atoms with Gasteiger partial charge in [-0.25, -0.2) is 9.78 Å². The largest absolute Gasteiger partial charge is 0.444 e. The quantitative estimate of drug-likeness (QED) is 0.170. The van der Waals surface area contributed by atoms with E-state index in [1.165, 1.54) is 5.56 Å². The van der Waals surface area contributed by atoms with Crippen molar-refractivity contribution in [3.8, 4) is 22.4 Å². The molecule has 1 fully saturated rings. The zero-order valence-corrected chi connectivity index (χ0v) is 28.2. The minimum absolute atomic E-state index is 0.189. The summed E-state index contributed by atoms with van der Waals surface area (Å²) in [6, 6.07) is 18.1. The first-order valence-electron chi connectivity index (χ1n) is 16.2. The summed E-state index contributed by atoms with van der Waals surface area (Å²) in [4.78, 5) is 36.5. The van der Waals surface area contributed by atoms with Crippen molar-refractivity contribution < 1.29 is 14.3 Å². The Hall–Kier alpha value is -4.21. The molecule has 4 aromatic rings. The van der Waals surface area contributed by atoms with Crippen LogP contribution in [0.25, 0.3) is 33.4 Å². The number of aryl methyl sites for hydroxylation is 1. The molecule has 0 aliphatic carbocycles. The predicted octanol–water partition coefficient (Wildman–Crippen LogP) is 6.88. The standard InChI is InChI=1S/C37H48N6O3/c1-24-20-27(40-34(44)32(22-36(2,3)4)42-35(45)46-37(5,6)7)12-13-28(24)29-14-15-39-33-30(29)21-31(41-33)26-10-8-25(9-11-26)23-43-18-16-38-17-19-43/h8-15,20-21,32,38H,16-19,22-23H2,1-7H3,(H,39,41)(H,40,44)(H,42,45)/t32-/m1/s1. The number of nitrogens with zero attached hydrogens (tertiary/aromatic N) is 2. The van der Waals surface area contributed by atoms with Crippen molar-refractivity contribution in [1.29, 1.82) is 0 Å². The van der Waals surface area contributed by atoms with Gasteiger partial charge in [0.25, 0.3) is 0 Å². The van der Waals surface area contributed by atoms with Crippen molar-refractivity contribution in [2.24, 2.45) is 5.41 Å². The maximum Gasteiger partial charge on any atom is 0.408 e. The highest BCUT2D eigenvalue weighted by atomic mass is 16.6. The fourth-order valence-corrected chi connectivity index (χ4v) is 5.88. The van der Waals surface area contributed by atoms with Crippen LogP contribution < -0.4 is 16.0 Å². The summed E-state index contributed by atoms with van der Waals surface area (Å²) < 4.78 is 5.42. The van der Waals surface area contributed by atoms with Gasteiger partial charge in [0, 0.05) is 55.7 Å². The number of aromatic nitrogens is 2. The maximum absolute atomic E-state index is 13.4. The molecule has 9 heteroatoms. The number of amides is 2. The fraction of sp³-hybridized carbons (Fsp3) is 0.432. The highest BCUT2D eigenvalue weighted by Crippen LogP contribution is 2.34. The minimum Gasteiger partial charge on any atom is -0.444 e. The molecule has 9 nitrogen and oxygen atoms in total. The van der Waals surface area contributed by atoms with Crippen LogP contribution in [0.2, 0.25) is 0 Å². The lowest BCUT2D eigenvalue weighted by molar-refractivity contribution is -0.118. The zero-order chi connectivity index (χ0) is 33.1. The number of benzene rings is 2. The smallest absolute Gasteiger partial charge is 0.408 e. The number of ether oxygens (including phenoxy) is 1. The van der Waals surface area contributed by atoms with E-state index in [1.807, 2.05) is 58.2 Å². The number of carbonyl (C=O) groups excluding carboxylic acids is 2. The van der Waals surface area contributed by atoms with Crippen LogP contribution in [0.5, 0.6) is 0 Å². The van der Waals surface area contributed by atoms with E-state index in [9.17, 15) is 9.59 Å². The number of fused-ring (bicyclic) bond motifs is 1. The second-order valence-electron chi connectivity index (χ2n) is 14.5. The third-order valence-corrected chi connectivity index (χ3v) is 8.02. The van der Waals surface area contributed by atoms with Crippen molar-refractivity contribution in [2.45, 2.75) is 73.1 Å². The molecule has 46 heavy (non-hydrogen) atoms. The molecular formula is C37H48N6O3. The number of hydrogen-bond donors (Lipinski definition) is 4. The first kappa shape index (κ1) is 33.2. The van der Waals surface area contributed by atoms with E-state index in [1.54, 1.807) is 20.8 Å². The van der Waals surface area contributed by atoms with Crippen LogP contribution in [0.1, 0.15) is 59.1 Å². The van der Waals surface area contributed by atoms with E-state index in [0.29, 0.717) is 12.1 Å². The van der Waals surface area contributed by atoms with E-state index in [-0.39, 0.29) is 11.3 Å². The van der Waals surface area contributed by atoms with Crippen LogP contribution in [-0.4, -0.2) is 64.7 Å². The van der Waals surface area contributed by atoms with Crippen molar-refractivity contribution in [2.75, 3.05) is 31.5 Å². The summed E-state index contributed by atoms with van der Waals surface area (Å²) >= 11 is 0. The molecule has 0 bridgehead atoms. The summed E-state index contributed by atoms with van der Waals surface area (Å²) in [5, 5.41) is 10.2. The van der Waals surface area contributed by atoms with Gasteiger partial charge in [-0.2, -0.15) is 0 Å². The van der Waals surface area contributed by atoms with Crippen LogP contribution in [-0.2, 0) is 16.1 Å². The maximum atomic E-state index is 13.4. The molecule has 2 aromatic heterocycles. The summed E-state index contributed by atoms with van der Waals surface area (Å²) in [6.07, 6.45) is 1.67. The van der Waals surface area contributed by atoms with E-state index < -0.39 is 17.7 Å². The van der Waals surface area contributed by atoms with Crippen LogP contribution >= 0.6 is 0 Å². The van der Waals surface area contributed by atoms with E-state index >= 15 is 0 Å². The lowest BCUT2D eigenvalue weighted by atomic mass is 9.87. The molecule has 0 saturated carbocycles. The summed E-state index contributed by atoms with van der Waals surface area (Å²) in [7, 11) is 0. The number of H-pyrrole nitrogens is 1. The molecule has 1 atom stereocenters. The number of pyridine rings is 1. The zero-order valence-electron chi connectivity index (χ0n) is 28.2. The number of carbonyl (C=O) groups is 2. The molecule has 5 rings (SSSR count). The van der Waals surface area contributed by atoms with E-state index in [0.717, 1.165) is 71.7 Å². The SMILES string of the molecule is Cc1cc(NC(=O)[C@@H](CC(C)(C)C)NC(=O)OC(C)(C)C)ccc1-c1ccnc2[nH]c(-c3ccc(CN4CCNCC4)cc3)cc12. The Balaban J connectivity index is 1.32. The van der Waals surface area contributed by atoms with Gasteiger partial charge in [0.15, 0.2) is 0 Å². The van der Waals surface area contributed by atoms with Gasteiger partial charge in [0.05, 0.1) is 0 Å². The van der Waals surface area contributed by atoms with Crippen LogP contribution in [0.4, 0.5) is 10.5 Å². The Bertz CT molecular complexity index is 1670. The number of nitrogens with one attached hydrogen (secondary N) is 4. The number of aromatic amines is 1. The molecule has 0 spiro atoms. The number of anilines is 1. The highest BCUT2D eigenvalue weighted by Gasteiger charge is 2.29. The van der Waals surface area contributed by atoms with Crippen molar-refractivity contribution in [3.05, 3.63) is 71.9 Å². The predicted molar refractivity (Wildman–Crippen MR) is 186 cm³/mol. The van der Waals surface area contributed by atoms with Gasteiger partial charge >= 0.3 is 6.09 Å². The second-order valence-corrected chi connectivity index (χ2v) is 14.5. The minimum atomic E-state index is -0.746. The van der Waals surface area contributed by atoms with Crippen molar-refractivity contribution >= 4 is 28.7 Å². The number of rotatable bonds is 8. The first-order chi connectivity index (χ1) is 21.7. The fourth-order valence-electron chi connectivity index (χ4n) is 5.88. The van der Waals surface area contributed by atoms with Crippen LogP contribution in [0.15, 0.2) is 60.8 Å². The molecule has 4 N–H and O–H groups in total. The van der Waals surface area contributed by atoms with Gasteiger partial charge in [-0.3, -0.25) is 9.69 Å². The Morgan fingerprint density at radius 3 is 2.33 bits per heavy atom. The normalized spacial score (nSPS) is 15.0. The lowest BCUT2D eigenvalue weighted by Crippen LogP contribution is -2.47. The van der Waals surface area contributed by atoms with E-state index in [4.69, 9.17) is 4.74 Å². The average molecular weight is 625 g/mol. The second kappa shape index (κ2) is 13.6. The monoisotopic (exact) mass is 624 g/mol. The molecule has 3 heterocycles. The third kappa shape index (κ3) is 8.73. The molecule has 1 aliphatic heterocycles. The summed E-state index contributed by atoms with van der Waals surface area (Å²) in [6.45, 7) is 18.8. The Morgan fingerprint density at radius 2 is 1.67 bits per heavy atom. The topological polar surface area (TPSA) is 111 Å². The third-order valence-electron chi connectivity index (χ3n) is 8.02. The lowest BCUT2D eigenvalue weighted by Gasteiger charge is -2.27. The molecule has 0 radical (unpaired) electrons.